The number of benzene rings is 3. The molecule has 6 heteroatoms. The van der Waals surface area contributed by atoms with Crippen LogP contribution in [0.5, 0.6) is 0 Å². The van der Waals surface area contributed by atoms with Gasteiger partial charge in [-0.1, -0.05) is 48.0 Å². The Balaban J connectivity index is 1.83. The summed E-state index contributed by atoms with van der Waals surface area (Å²) >= 11 is 0. The van der Waals surface area contributed by atoms with Crippen LogP contribution in [0.1, 0.15) is 45.6 Å². The van der Waals surface area contributed by atoms with E-state index in [1.807, 2.05) is 51.1 Å². The van der Waals surface area contributed by atoms with Gasteiger partial charge in [0.2, 0.25) is 0 Å². The van der Waals surface area contributed by atoms with E-state index >= 15 is 0 Å². The predicted molar refractivity (Wildman–Crippen MR) is 120 cm³/mol. The number of nitrogens with one attached hydrogen (secondary N) is 2. The summed E-state index contributed by atoms with van der Waals surface area (Å²) in [6.45, 7) is 7.50. The normalized spacial score (nSPS) is 12.3. The molecule has 3 aromatic rings. The molecule has 0 aliphatic carbocycles. The van der Waals surface area contributed by atoms with Crippen molar-refractivity contribution in [1.82, 2.24) is 5.32 Å². The van der Waals surface area contributed by atoms with Crippen LogP contribution >= 0.6 is 0 Å². The predicted octanol–water partition coefficient (Wildman–Crippen LogP) is 4.90. The van der Waals surface area contributed by atoms with Gasteiger partial charge in [-0.25, -0.2) is 8.42 Å². The van der Waals surface area contributed by atoms with Gasteiger partial charge in [0, 0.05) is 11.3 Å². The molecule has 2 N–H and O–H groups in total. The molecule has 3 rings (SSSR count). The van der Waals surface area contributed by atoms with Crippen molar-refractivity contribution in [3.63, 3.8) is 0 Å². The summed E-state index contributed by atoms with van der Waals surface area (Å²) in [5.74, 6) is -0.324. The van der Waals surface area contributed by atoms with Crippen molar-refractivity contribution >= 4 is 21.6 Å². The first-order chi connectivity index (χ1) is 14.2. The highest BCUT2D eigenvalue weighted by Gasteiger charge is 2.20. The molecular weight excluding hydrogens is 396 g/mol. The minimum absolute atomic E-state index is 0.0830. The monoisotopic (exact) mass is 422 g/mol. The summed E-state index contributed by atoms with van der Waals surface area (Å²) in [7, 11) is -3.83. The van der Waals surface area contributed by atoms with Gasteiger partial charge >= 0.3 is 0 Å². The highest BCUT2D eigenvalue weighted by Crippen LogP contribution is 2.22. The Kier molecular flexibility index (Phi) is 6.27. The van der Waals surface area contributed by atoms with E-state index in [0.29, 0.717) is 16.8 Å². The third-order valence-electron chi connectivity index (χ3n) is 4.94. The van der Waals surface area contributed by atoms with Crippen LogP contribution < -0.4 is 10.0 Å². The van der Waals surface area contributed by atoms with Gasteiger partial charge in [-0.3, -0.25) is 9.52 Å². The molecule has 0 heterocycles. The SMILES string of the molecule is Cc1ccc(C(C)NC(=O)c2ccc(C)c(S(=O)(=O)Nc3cccc(C)c3)c2)cc1. The topological polar surface area (TPSA) is 75.3 Å². The van der Waals surface area contributed by atoms with Gasteiger partial charge in [-0.15, -0.1) is 0 Å². The summed E-state index contributed by atoms with van der Waals surface area (Å²) in [6, 6.07) is 19.6. The molecule has 3 aromatic carbocycles. The fourth-order valence-electron chi connectivity index (χ4n) is 3.17. The molecular formula is C24H26N2O3S. The highest BCUT2D eigenvalue weighted by atomic mass is 32.2. The van der Waals surface area contributed by atoms with Gasteiger partial charge in [0.15, 0.2) is 0 Å². The molecule has 156 valence electrons. The van der Waals surface area contributed by atoms with Crippen LogP contribution in [0.4, 0.5) is 5.69 Å². The molecule has 0 aliphatic rings. The Morgan fingerprint density at radius 2 is 1.57 bits per heavy atom. The maximum atomic E-state index is 12.9. The molecule has 0 bridgehead atoms. The first-order valence-electron chi connectivity index (χ1n) is 9.73. The van der Waals surface area contributed by atoms with E-state index in [0.717, 1.165) is 16.7 Å². The lowest BCUT2D eigenvalue weighted by molar-refractivity contribution is 0.0939. The molecule has 0 aliphatic heterocycles. The van der Waals surface area contributed by atoms with Crippen molar-refractivity contribution in [2.45, 2.75) is 38.6 Å². The second-order valence-corrected chi connectivity index (χ2v) is 9.21. The fourth-order valence-corrected chi connectivity index (χ4v) is 4.49. The van der Waals surface area contributed by atoms with E-state index in [-0.39, 0.29) is 16.8 Å². The first-order valence-corrected chi connectivity index (χ1v) is 11.2. The molecule has 0 radical (unpaired) electrons. The first kappa shape index (κ1) is 21.6. The van der Waals surface area contributed by atoms with Crippen molar-refractivity contribution in [3.8, 4) is 0 Å². The molecule has 0 saturated carbocycles. The van der Waals surface area contributed by atoms with Crippen LogP contribution in [0.25, 0.3) is 0 Å². The Bertz CT molecular complexity index is 1170. The largest absolute Gasteiger partial charge is 0.346 e. The molecule has 0 fully saturated rings. The van der Waals surface area contributed by atoms with Gasteiger partial charge in [-0.2, -0.15) is 0 Å². The van der Waals surface area contributed by atoms with E-state index in [9.17, 15) is 13.2 Å². The number of carbonyl (C=O) groups excluding carboxylic acids is 1. The Hall–Kier alpha value is -3.12. The number of carbonyl (C=O) groups is 1. The van der Waals surface area contributed by atoms with Crippen molar-refractivity contribution < 1.29 is 13.2 Å². The zero-order valence-corrected chi connectivity index (χ0v) is 18.4. The van der Waals surface area contributed by atoms with Gasteiger partial charge in [0.05, 0.1) is 10.9 Å². The summed E-state index contributed by atoms with van der Waals surface area (Å²) in [4.78, 5) is 12.8. The second kappa shape index (κ2) is 8.71. The van der Waals surface area contributed by atoms with Crippen molar-refractivity contribution in [2.24, 2.45) is 0 Å². The molecule has 0 saturated heterocycles. The Morgan fingerprint density at radius 3 is 2.23 bits per heavy atom. The Labute approximate surface area is 178 Å². The molecule has 1 amide bonds. The van der Waals surface area contributed by atoms with Crippen molar-refractivity contribution in [2.75, 3.05) is 4.72 Å². The maximum Gasteiger partial charge on any atom is 0.262 e. The minimum Gasteiger partial charge on any atom is -0.346 e. The quantitative estimate of drug-likeness (QED) is 0.593. The molecule has 1 atom stereocenters. The van der Waals surface area contributed by atoms with Gasteiger partial charge in [0.1, 0.15) is 0 Å². The van der Waals surface area contributed by atoms with Crippen molar-refractivity contribution in [3.05, 3.63) is 94.5 Å². The smallest absolute Gasteiger partial charge is 0.262 e. The van der Waals surface area contributed by atoms with Crippen LogP contribution in [0.3, 0.4) is 0 Å². The third kappa shape index (κ3) is 5.07. The number of aryl methyl sites for hydroxylation is 3. The molecule has 0 spiro atoms. The van der Waals surface area contributed by atoms with Crippen LogP contribution in [-0.4, -0.2) is 14.3 Å². The Morgan fingerprint density at radius 1 is 0.867 bits per heavy atom. The summed E-state index contributed by atoms with van der Waals surface area (Å²) < 4.78 is 28.5. The standard InChI is InChI=1S/C24H26N2O3S/c1-16-8-11-20(12-9-16)19(4)25-24(27)21-13-10-18(3)23(15-21)30(28,29)26-22-7-5-6-17(2)14-22/h5-15,19,26H,1-4H3,(H,25,27). The average molecular weight is 423 g/mol. The zero-order valence-electron chi connectivity index (χ0n) is 17.6. The molecule has 30 heavy (non-hydrogen) atoms. The lowest BCUT2D eigenvalue weighted by Gasteiger charge is -2.16. The van der Waals surface area contributed by atoms with E-state index in [2.05, 4.69) is 10.0 Å². The maximum absolute atomic E-state index is 12.9. The number of hydrogen-bond acceptors (Lipinski definition) is 3. The van der Waals surface area contributed by atoms with Crippen LogP contribution in [0, 0.1) is 20.8 Å². The van der Waals surface area contributed by atoms with E-state index in [4.69, 9.17) is 0 Å². The summed E-state index contributed by atoms with van der Waals surface area (Å²) in [5.41, 5.74) is 4.42. The van der Waals surface area contributed by atoms with Gasteiger partial charge in [0.25, 0.3) is 15.9 Å². The highest BCUT2D eigenvalue weighted by molar-refractivity contribution is 7.92. The van der Waals surface area contributed by atoms with Crippen LogP contribution in [0.2, 0.25) is 0 Å². The minimum atomic E-state index is -3.83. The van der Waals surface area contributed by atoms with Crippen LogP contribution in [0.15, 0.2) is 71.6 Å². The van der Waals surface area contributed by atoms with Crippen LogP contribution in [-0.2, 0) is 10.0 Å². The molecule has 1 unspecified atom stereocenters. The summed E-state index contributed by atoms with van der Waals surface area (Å²) in [6.07, 6.45) is 0. The number of anilines is 1. The van der Waals surface area contributed by atoms with Crippen molar-refractivity contribution in [1.29, 1.82) is 0 Å². The lowest BCUT2D eigenvalue weighted by atomic mass is 10.1. The molecule has 0 aromatic heterocycles. The number of sulfonamides is 1. The second-order valence-electron chi connectivity index (χ2n) is 7.56. The summed E-state index contributed by atoms with van der Waals surface area (Å²) in [5, 5.41) is 2.93. The van der Waals surface area contributed by atoms with E-state index in [1.54, 1.807) is 37.3 Å². The fraction of sp³-hybridized carbons (Fsp3) is 0.208. The van der Waals surface area contributed by atoms with E-state index in [1.165, 1.54) is 6.07 Å². The average Bonchev–Trinajstić information content (AvgIpc) is 2.68. The lowest BCUT2D eigenvalue weighted by Crippen LogP contribution is -2.27. The zero-order chi connectivity index (χ0) is 21.9. The van der Waals surface area contributed by atoms with Gasteiger partial charge in [-0.05, 0) is 68.7 Å². The number of hydrogen-bond donors (Lipinski definition) is 2. The molecule has 5 nitrogen and oxygen atoms in total. The van der Waals surface area contributed by atoms with E-state index < -0.39 is 10.0 Å². The van der Waals surface area contributed by atoms with Gasteiger partial charge < -0.3 is 5.32 Å². The number of rotatable bonds is 6. The third-order valence-corrected chi connectivity index (χ3v) is 6.46. The number of amides is 1.